The molecule has 0 fully saturated rings. The lowest BCUT2D eigenvalue weighted by Gasteiger charge is -2.10. The quantitative estimate of drug-likeness (QED) is 0.765. The third kappa shape index (κ3) is 3.61. The van der Waals surface area contributed by atoms with Crippen molar-refractivity contribution in [1.82, 2.24) is 0 Å². The molecule has 0 saturated heterocycles. The molecule has 3 heteroatoms. The van der Waals surface area contributed by atoms with Crippen molar-refractivity contribution in [3.63, 3.8) is 0 Å². The molecule has 0 N–H and O–H groups in total. The monoisotopic (exact) mass is 264 g/mol. The Labute approximate surface area is 110 Å². The molecule has 98 valence electrons. The van der Waals surface area contributed by atoms with Crippen LogP contribution in [-0.4, -0.2) is 13.7 Å². The number of sulfone groups is 1. The van der Waals surface area contributed by atoms with Gasteiger partial charge in [0, 0.05) is 6.42 Å². The first kappa shape index (κ1) is 14.8. The first-order chi connectivity index (χ1) is 8.52. The molecule has 1 atom stereocenters. The second kappa shape index (κ2) is 6.61. The van der Waals surface area contributed by atoms with Crippen molar-refractivity contribution in [2.45, 2.75) is 50.2 Å². The van der Waals surface area contributed by atoms with E-state index in [-0.39, 0.29) is 5.25 Å². The van der Waals surface area contributed by atoms with Gasteiger partial charge >= 0.3 is 0 Å². The Morgan fingerprint density at radius 1 is 1.22 bits per heavy atom. The number of benzene rings is 1. The first-order valence-electron chi connectivity index (χ1n) is 6.24. The van der Waals surface area contributed by atoms with Gasteiger partial charge < -0.3 is 0 Å². The Balaban J connectivity index is 2.85. The van der Waals surface area contributed by atoms with Crippen LogP contribution in [0.15, 0.2) is 29.2 Å². The highest BCUT2D eigenvalue weighted by Gasteiger charge is 2.21. The van der Waals surface area contributed by atoms with E-state index in [1.165, 1.54) is 0 Å². The highest BCUT2D eigenvalue weighted by Crippen LogP contribution is 2.18. The van der Waals surface area contributed by atoms with E-state index in [4.69, 9.17) is 0 Å². The van der Waals surface area contributed by atoms with Crippen molar-refractivity contribution in [3.8, 4) is 11.8 Å². The Kier molecular flexibility index (Phi) is 5.43. The molecule has 0 aliphatic rings. The van der Waals surface area contributed by atoms with Crippen LogP contribution in [0, 0.1) is 11.8 Å². The largest absolute Gasteiger partial charge is 0.223 e. The van der Waals surface area contributed by atoms with Crippen LogP contribution in [0.3, 0.4) is 0 Å². The number of aryl methyl sites for hydroxylation is 1. The second-order valence-electron chi connectivity index (χ2n) is 4.33. The molecule has 1 rings (SSSR count). The van der Waals surface area contributed by atoms with E-state index >= 15 is 0 Å². The van der Waals surface area contributed by atoms with Gasteiger partial charge in [0.2, 0.25) is 0 Å². The van der Waals surface area contributed by atoms with Crippen LogP contribution in [0.2, 0.25) is 0 Å². The molecule has 0 spiro atoms. The summed E-state index contributed by atoms with van der Waals surface area (Å²) in [5.74, 6) is 5.85. The van der Waals surface area contributed by atoms with Gasteiger partial charge in [-0.25, -0.2) is 8.42 Å². The minimum Gasteiger partial charge on any atom is -0.223 e. The third-order valence-electron chi connectivity index (χ3n) is 3.07. The Hall–Kier alpha value is -1.27. The van der Waals surface area contributed by atoms with Crippen LogP contribution in [0.1, 0.15) is 39.2 Å². The molecule has 0 heterocycles. The predicted octanol–water partition coefficient (Wildman–Crippen LogP) is 3.21. The van der Waals surface area contributed by atoms with Gasteiger partial charge in [-0.05, 0) is 44.4 Å². The summed E-state index contributed by atoms with van der Waals surface area (Å²) < 4.78 is 24.2. The first-order valence-corrected chi connectivity index (χ1v) is 7.79. The van der Waals surface area contributed by atoms with Gasteiger partial charge in [0.25, 0.3) is 0 Å². The van der Waals surface area contributed by atoms with Gasteiger partial charge in [-0.2, -0.15) is 0 Å². The molecule has 0 radical (unpaired) electrons. The minimum absolute atomic E-state index is 0.325. The maximum Gasteiger partial charge on any atom is 0.180 e. The van der Waals surface area contributed by atoms with E-state index in [1.807, 2.05) is 26.0 Å². The van der Waals surface area contributed by atoms with Crippen molar-refractivity contribution in [2.24, 2.45) is 0 Å². The van der Waals surface area contributed by atoms with Crippen molar-refractivity contribution in [1.29, 1.82) is 0 Å². The molecule has 0 aromatic heterocycles. The molecule has 0 aliphatic carbocycles. The van der Waals surface area contributed by atoms with E-state index in [9.17, 15) is 8.42 Å². The smallest absolute Gasteiger partial charge is 0.180 e. The average Bonchev–Trinajstić information content (AvgIpc) is 2.38. The van der Waals surface area contributed by atoms with Gasteiger partial charge in [0.1, 0.15) is 0 Å². The van der Waals surface area contributed by atoms with Gasteiger partial charge in [-0.1, -0.05) is 19.1 Å². The summed E-state index contributed by atoms with van der Waals surface area (Å²) >= 11 is 0. The van der Waals surface area contributed by atoms with E-state index in [1.54, 1.807) is 19.1 Å². The Bertz CT molecular complexity index is 530. The molecular formula is C15H20O2S. The van der Waals surface area contributed by atoms with Crippen LogP contribution in [0.25, 0.3) is 0 Å². The van der Waals surface area contributed by atoms with Crippen LogP contribution in [0.4, 0.5) is 0 Å². The van der Waals surface area contributed by atoms with Crippen molar-refractivity contribution in [3.05, 3.63) is 29.8 Å². The zero-order chi connectivity index (χ0) is 13.6. The number of rotatable bonds is 5. The molecule has 1 unspecified atom stereocenters. The van der Waals surface area contributed by atoms with E-state index in [0.717, 1.165) is 18.4 Å². The SMILES string of the molecule is CC#CCCc1ccc(S(=O)(=O)C(C)CC)cc1. The van der Waals surface area contributed by atoms with Crippen molar-refractivity contribution < 1.29 is 8.42 Å². The molecule has 2 nitrogen and oxygen atoms in total. The number of hydrogen-bond acceptors (Lipinski definition) is 2. The van der Waals surface area contributed by atoms with Crippen LogP contribution < -0.4 is 0 Å². The van der Waals surface area contributed by atoms with Gasteiger partial charge in [-0.15, -0.1) is 11.8 Å². The maximum atomic E-state index is 12.1. The summed E-state index contributed by atoms with van der Waals surface area (Å²) in [6, 6.07) is 7.17. The predicted molar refractivity (Wildman–Crippen MR) is 75.2 cm³/mol. The minimum atomic E-state index is -3.16. The molecule has 1 aromatic carbocycles. The van der Waals surface area contributed by atoms with Crippen LogP contribution in [0.5, 0.6) is 0 Å². The Morgan fingerprint density at radius 2 is 1.83 bits per heavy atom. The summed E-state index contributed by atoms with van der Waals surface area (Å²) in [6.07, 6.45) is 2.31. The Morgan fingerprint density at radius 3 is 2.33 bits per heavy atom. The average molecular weight is 264 g/mol. The molecule has 18 heavy (non-hydrogen) atoms. The standard InChI is InChI=1S/C15H20O2S/c1-4-6-7-8-14-9-11-15(12-10-14)18(16,17)13(3)5-2/h9-13H,5,7-8H2,1-3H3. The van der Waals surface area contributed by atoms with Crippen LogP contribution >= 0.6 is 0 Å². The highest BCUT2D eigenvalue weighted by molar-refractivity contribution is 7.92. The van der Waals surface area contributed by atoms with Crippen molar-refractivity contribution in [2.75, 3.05) is 0 Å². The third-order valence-corrected chi connectivity index (χ3v) is 5.39. The lowest BCUT2D eigenvalue weighted by atomic mass is 10.1. The second-order valence-corrected chi connectivity index (χ2v) is 6.70. The lowest BCUT2D eigenvalue weighted by molar-refractivity contribution is 0.581. The number of hydrogen-bond donors (Lipinski definition) is 0. The van der Waals surface area contributed by atoms with Crippen molar-refractivity contribution >= 4 is 9.84 Å². The van der Waals surface area contributed by atoms with Gasteiger partial charge in [0.05, 0.1) is 10.1 Å². The zero-order valence-electron chi connectivity index (χ0n) is 11.2. The topological polar surface area (TPSA) is 34.1 Å². The van der Waals surface area contributed by atoms with E-state index in [2.05, 4.69) is 11.8 Å². The summed E-state index contributed by atoms with van der Waals surface area (Å²) in [6.45, 7) is 5.46. The van der Waals surface area contributed by atoms with E-state index in [0.29, 0.717) is 11.3 Å². The maximum absolute atomic E-state index is 12.1. The molecule has 0 bridgehead atoms. The van der Waals surface area contributed by atoms with Gasteiger partial charge in [-0.3, -0.25) is 0 Å². The summed E-state index contributed by atoms with van der Waals surface area (Å²) in [5.41, 5.74) is 1.13. The lowest BCUT2D eigenvalue weighted by Crippen LogP contribution is -2.16. The van der Waals surface area contributed by atoms with Gasteiger partial charge in [0.15, 0.2) is 9.84 Å². The molecule has 0 amide bonds. The van der Waals surface area contributed by atoms with Crippen LogP contribution in [-0.2, 0) is 16.3 Å². The van der Waals surface area contributed by atoms with E-state index < -0.39 is 9.84 Å². The summed E-state index contributed by atoms with van der Waals surface area (Å²) in [4.78, 5) is 0.419. The summed E-state index contributed by atoms with van der Waals surface area (Å²) in [7, 11) is -3.16. The molecule has 0 aliphatic heterocycles. The normalized spacial score (nSPS) is 12.6. The molecule has 0 saturated carbocycles. The fourth-order valence-corrected chi connectivity index (χ4v) is 3.05. The molecule has 1 aromatic rings. The molecular weight excluding hydrogens is 244 g/mol. The fourth-order valence-electron chi connectivity index (χ4n) is 1.63. The fraction of sp³-hybridized carbons (Fsp3) is 0.467. The summed E-state index contributed by atoms with van der Waals surface area (Å²) in [5, 5.41) is -0.325. The zero-order valence-corrected chi connectivity index (χ0v) is 12.0. The highest BCUT2D eigenvalue weighted by atomic mass is 32.2.